The molecule has 3 aromatic rings. The molecule has 9 heteroatoms. The van der Waals surface area contributed by atoms with Crippen molar-refractivity contribution in [2.24, 2.45) is 5.16 Å². The van der Waals surface area contributed by atoms with Gasteiger partial charge in [0, 0.05) is 17.7 Å². The second kappa shape index (κ2) is 11.9. The Morgan fingerprint density at radius 2 is 1.85 bits per heavy atom. The van der Waals surface area contributed by atoms with E-state index in [2.05, 4.69) is 21.2 Å². The maximum atomic E-state index is 14.8. The van der Waals surface area contributed by atoms with Crippen molar-refractivity contribution in [3.63, 3.8) is 0 Å². The molecule has 3 rings (SSSR count). The number of aromatic nitrogens is 1. The minimum atomic E-state index is -0.556. The molecule has 0 aliphatic carbocycles. The van der Waals surface area contributed by atoms with Gasteiger partial charge in [-0.2, -0.15) is 0 Å². The third-order valence-corrected chi connectivity index (χ3v) is 5.00. The molecule has 6 nitrogen and oxygen atoms in total. The average Bonchev–Trinajstić information content (AvgIpc) is 2.77. The van der Waals surface area contributed by atoms with Crippen LogP contribution in [-0.2, 0) is 16.1 Å². The number of ether oxygens (including phenoxy) is 1. The van der Waals surface area contributed by atoms with E-state index in [9.17, 15) is 18.7 Å². The molecule has 2 aromatic carbocycles. The molecule has 166 valence electrons. The Kier molecular flexibility index (Phi) is 9.52. The predicted octanol–water partition coefficient (Wildman–Crippen LogP) is 1.58. The maximum absolute atomic E-state index is 14.8. The van der Waals surface area contributed by atoms with E-state index in [-0.39, 0.29) is 65.3 Å². The van der Waals surface area contributed by atoms with Crippen LogP contribution in [0.4, 0.5) is 8.78 Å². The molecule has 0 spiro atoms. The summed E-state index contributed by atoms with van der Waals surface area (Å²) in [6.45, 7) is 5.94. The van der Waals surface area contributed by atoms with E-state index in [0.29, 0.717) is 22.4 Å². The summed E-state index contributed by atoms with van der Waals surface area (Å²) >= 11 is 0. The van der Waals surface area contributed by atoms with Gasteiger partial charge >= 0.3 is 29.6 Å². The van der Waals surface area contributed by atoms with E-state index in [0.717, 1.165) is 12.0 Å². The van der Waals surface area contributed by atoms with Crippen LogP contribution in [0.5, 0.6) is 11.5 Å². The Morgan fingerprint density at radius 1 is 1.09 bits per heavy atom. The fraction of sp³-hybridized carbons (Fsp3) is 0.208. The molecule has 0 unspecified atom stereocenters. The molecule has 33 heavy (non-hydrogen) atoms. The summed E-state index contributed by atoms with van der Waals surface area (Å²) in [6.07, 6.45) is 2.55. The molecule has 0 radical (unpaired) electrons. The summed E-state index contributed by atoms with van der Waals surface area (Å²) in [5.41, 5.74) is 3.13. The standard InChI is InChI=1S/C24H20F2N2O4.Na/c1-14-5-4-6-18(22(14)25)24-20(30)8-7-17(28-24)12-19-15(2)11-21(23(26)16(19)3)31-10-9-27-32-13-29;/h4-8,11,30H,10,12H2,1-3H3;/q-2;+1. The van der Waals surface area contributed by atoms with E-state index < -0.39 is 11.6 Å². The number of carbonyl (C=O) groups excluding carboxylic acids is 1. The number of halogens is 2. The van der Waals surface area contributed by atoms with E-state index in [1.165, 1.54) is 12.1 Å². The van der Waals surface area contributed by atoms with Crippen molar-refractivity contribution in [2.45, 2.75) is 27.2 Å². The number of benzene rings is 2. The van der Waals surface area contributed by atoms with E-state index in [4.69, 9.17) is 4.74 Å². The van der Waals surface area contributed by atoms with Gasteiger partial charge in [0.2, 0.25) is 0 Å². The van der Waals surface area contributed by atoms with Gasteiger partial charge in [0.1, 0.15) is 17.3 Å². The quantitative estimate of drug-likeness (QED) is 0.181. The largest absolute Gasteiger partial charge is 1.00 e. The van der Waals surface area contributed by atoms with Gasteiger partial charge in [-0.05, 0) is 80.4 Å². The number of rotatable bonds is 8. The molecule has 0 saturated heterocycles. The smallest absolute Gasteiger partial charge is 0.557 e. The van der Waals surface area contributed by atoms with Gasteiger partial charge in [0.25, 0.3) is 0 Å². The number of aromatic hydroxyl groups is 1. The maximum Gasteiger partial charge on any atom is 1.00 e. The fourth-order valence-electron chi connectivity index (χ4n) is 3.32. The van der Waals surface area contributed by atoms with Crippen LogP contribution in [0, 0.1) is 32.4 Å². The van der Waals surface area contributed by atoms with Gasteiger partial charge in [0.15, 0.2) is 11.6 Å². The zero-order valence-corrected chi connectivity index (χ0v) is 20.7. The monoisotopic (exact) mass is 461 g/mol. The van der Waals surface area contributed by atoms with Crippen LogP contribution < -0.4 is 34.3 Å². The first-order valence-electron chi connectivity index (χ1n) is 9.65. The molecule has 0 bridgehead atoms. The molecule has 0 fully saturated rings. The molecule has 0 aliphatic heterocycles. The Hall–Kier alpha value is -2.81. The van der Waals surface area contributed by atoms with Crippen LogP contribution in [0.25, 0.3) is 11.3 Å². The Labute approximate surface area is 212 Å². The van der Waals surface area contributed by atoms with Crippen molar-refractivity contribution in [3.05, 3.63) is 76.0 Å². The summed E-state index contributed by atoms with van der Waals surface area (Å²) < 4.78 is 34.7. The number of nitrogens with zero attached hydrogens (tertiary/aromatic N) is 2. The van der Waals surface area contributed by atoms with Crippen LogP contribution in [0.2, 0.25) is 0 Å². The molecule has 0 amide bonds. The number of hydrogen-bond donors (Lipinski definition) is 1. The molecular formula is C24H20F2N2NaO4-. The van der Waals surface area contributed by atoms with Crippen molar-refractivity contribution < 1.29 is 57.8 Å². The molecule has 0 atom stereocenters. The SMILES string of the molecule is Cc1cccc(-c2nc(Cc3c(C)cc(OC[C-]=NO[C-]=O)c(F)c3C)ccc2O)c1F.[Na+]. The zero-order chi connectivity index (χ0) is 23.3. The molecule has 1 N–H and O–H groups in total. The summed E-state index contributed by atoms with van der Waals surface area (Å²) in [6, 6.07) is 9.48. The summed E-state index contributed by atoms with van der Waals surface area (Å²) in [5, 5.41) is 13.4. The third kappa shape index (κ3) is 6.16. The minimum absolute atomic E-state index is 0. The number of pyridine rings is 1. The van der Waals surface area contributed by atoms with Gasteiger partial charge < -0.3 is 30.8 Å². The molecule has 0 aliphatic rings. The van der Waals surface area contributed by atoms with Crippen LogP contribution in [0.1, 0.15) is 27.9 Å². The number of aryl methyl sites for hydroxylation is 2. The van der Waals surface area contributed by atoms with Gasteiger partial charge in [-0.15, -0.1) is 0 Å². The Bertz CT molecular complexity index is 1190. The van der Waals surface area contributed by atoms with Gasteiger partial charge in [-0.3, -0.25) is 0 Å². The molecule has 0 saturated carbocycles. The summed E-state index contributed by atoms with van der Waals surface area (Å²) in [7, 11) is 0. The normalized spacial score (nSPS) is 10.7. The fourth-order valence-corrected chi connectivity index (χ4v) is 3.32. The number of hydrogen-bond acceptors (Lipinski definition) is 6. The van der Waals surface area contributed by atoms with E-state index >= 15 is 0 Å². The molecular weight excluding hydrogens is 441 g/mol. The molecule has 1 heterocycles. The van der Waals surface area contributed by atoms with E-state index in [1.54, 1.807) is 45.0 Å². The zero-order valence-electron chi connectivity index (χ0n) is 18.7. The van der Waals surface area contributed by atoms with Crippen LogP contribution in [0.15, 0.2) is 41.6 Å². The van der Waals surface area contributed by atoms with Crippen molar-refractivity contribution in [3.8, 4) is 22.8 Å². The van der Waals surface area contributed by atoms with Crippen molar-refractivity contribution >= 4 is 12.7 Å². The van der Waals surface area contributed by atoms with Crippen molar-refractivity contribution in [2.75, 3.05) is 6.61 Å². The predicted molar refractivity (Wildman–Crippen MR) is 114 cm³/mol. The van der Waals surface area contributed by atoms with Crippen molar-refractivity contribution in [1.29, 1.82) is 0 Å². The third-order valence-electron chi connectivity index (χ3n) is 5.00. The van der Waals surface area contributed by atoms with E-state index in [1.807, 2.05) is 0 Å². The average molecular weight is 461 g/mol. The van der Waals surface area contributed by atoms with Gasteiger partial charge in [-0.1, -0.05) is 12.1 Å². The Morgan fingerprint density at radius 3 is 2.58 bits per heavy atom. The van der Waals surface area contributed by atoms with Crippen LogP contribution in [0.3, 0.4) is 0 Å². The van der Waals surface area contributed by atoms with Crippen LogP contribution in [-0.4, -0.2) is 29.4 Å². The first kappa shape index (κ1) is 26.4. The Balaban J connectivity index is 0.00000385. The van der Waals surface area contributed by atoms with Crippen LogP contribution >= 0.6 is 0 Å². The van der Waals surface area contributed by atoms with Gasteiger partial charge in [-0.25, -0.2) is 13.8 Å². The second-order valence-electron chi connectivity index (χ2n) is 7.11. The molecule has 1 aromatic heterocycles. The minimum Gasteiger partial charge on any atom is -0.557 e. The van der Waals surface area contributed by atoms with Gasteiger partial charge in [0.05, 0.1) is 0 Å². The first-order valence-corrected chi connectivity index (χ1v) is 9.65. The summed E-state index contributed by atoms with van der Waals surface area (Å²) in [5.74, 6) is -1.15. The topological polar surface area (TPSA) is 81.0 Å². The second-order valence-corrected chi connectivity index (χ2v) is 7.11. The summed E-state index contributed by atoms with van der Waals surface area (Å²) in [4.78, 5) is 18.3. The van der Waals surface area contributed by atoms with Crippen molar-refractivity contribution in [1.82, 2.24) is 4.98 Å². The first-order chi connectivity index (χ1) is 15.3.